The molecule has 0 spiro atoms. The third-order valence-corrected chi connectivity index (χ3v) is 6.27. The number of para-hydroxylation sites is 1. The topological polar surface area (TPSA) is 84.5 Å². The molecule has 0 aromatic heterocycles. The van der Waals surface area contributed by atoms with Crippen LogP contribution in [-0.2, 0) is 10.0 Å². The summed E-state index contributed by atoms with van der Waals surface area (Å²) in [5, 5.41) is 3.41. The van der Waals surface area contributed by atoms with E-state index in [1.165, 1.54) is 49.6 Å². The largest absolute Gasteiger partial charge is 0.495 e. The lowest BCUT2D eigenvalue weighted by Gasteiger charge is -2.14. The van der Waals surface area contributed by atoms with Gasteiger partial charge in [-0.25, -0.2) is 8.42 Å². The van der Waals surface area contributed by atoms with Crippen molar-refractivity contribution in [3.8, 4) is 5.75 Å². The molecule has 0 atom stereocenters. The molecule has 0 unspecified atom stereocenters. The van der Waals surface area contributed by atoms with E-state index in [1.807, 2.05) is 0 Å². The van der Waals surface area contributed by atoms with Gasteiger partial charge in [-0.15, -0.1) is 0 Å². The number of hydrogen-bond donors (Lipinski definition) is 2. The van der Waals surface area contributed by atoms with Gasteiger partial charge in [0.1, 0.15) is 10.6 Å². The molecular formula is C20H15Cl3N2O4S. The van der Waals surface area contributed by atoms with Gasteiger partial charge in [-0.3, -0.25) is 9.52 Å². The molecule has 0 bridgehead atoms. The Labute approximate surface area is 188 Å². The predicted molar refractivity (Wildman–Crippen MR) is 120 cm³/mol. The summed E-state index contributed by atoms with van der Waals surface area (Å²) in [6.07, 6.45) is 0. The maximum Gasteiger partial charge on any atom is 0.265 e. The van der Waals surface area contributed by atoms with Crippen LogP contribution in [0.5, 0.6) is 5.75 Å². The maximum absolute atomic E-state index is 12.9. The van der Waals surface area contributed by atoms with Crippen LogP contribution in [0.25, 0.3) is 0 Å². The van der Waals surface area contributed by atoms with Crippen molar-refractivity contribution in [2.45, 2.75) is 4.90 Å². The van der Waals surface area contributed by atoms with E-state index in [9.17, 15) is 13.2 Å². The standard InChI is InChI=1S/C20H15Cl3N2O4S/c1-29-18-9-7-13(24-20(26)14-8-6-12(21)10-16(14)23)11-19(18)30(27,28)25-17-5-3-2-4-15(17)22/h2-11,25H,1H3,(H,24,26). The second kappa shape index (κ2) is 9.14. The Morgan fingerprint density at radius 3 is 2.33 bits per heavy atom. The highest BCUT2D eigenvalue weighted by molar-refractivity contribution is 7.92. The first-order chi connectivity index (χ1) is 14.2. The molecule has 0 heterocycles. The fraction of sp³-hybridized carbons (Fsp3) is 0.0500. The lowest BCUT2D eigenvalue weighted by atomic mass is 10.2. The maximum atomic E-state index is 12.9. The average molecular weight is 486 g/mol. The average Bonchev–Trinajstić information content (AvgIpc) is 2.69. The van der Waals surface area contributed by atoms with Crippen LogP contribution >= 0.6 is 34.8 Å². The SMILES string of the molecule is COc1ccc(NC(=O)c2ccc(Cl)cc2Cl)cc1S(=O)(=O)Nc1ccccc1Cl. The Hall–Kier alpha value is -2.45. The van der Waals surface area contributed by atoms with E-state index < -0.39 is 15.9 Å². The molecule has 0 saturated carbocycles. The van der Waals surface area contributed by atoms with Crippen molar-refractivity contribution in [3.05, 3.63) is 81.3 Å². The van der Waals surface area contributed by atoms with Gasteiger partial charge in [0.25, 0.3) is 15.9 Å². The van der Waals surface area contributed by atoms with E-state index in [0.717, 1.165) is 0 Å². The number of ether oxygens (including phenoxy) is 1. The monoisotopic (exact) mass is 484 g/mol. The van der Waals surface area contributed by atoms with Crippen LogP contribution in [0.15, 0.2) is 65.6 Å². The van der Waals surface area contributed by atoms with Gasteiger partial charge in [0.2, 0.25) is 0 Å². The Morgan fingerprint density at radius 1 is 0.933 bits per heavy atom. The Bertz CT molecular complexity index is 1220. The lowest BCUT2D eigenvalue weighted by Crippen LogP contribution is -2.16. The molecule has 3 rings (SSSR count). The van der Waals surface area contributed by atoms with Crippen LogP contribution in [0.4, 0.5) is 11.4 Å². The summed E-state index contributed by atoms with van der Waals surface area (Å²) >= 11 is 18.0. The van der Waals surface area contributed by atoms with E-state index in [2.05, 4.69) is 10.0 Å². The molecule has 156 valence electrons. The zero-order valence-corrected chi connectivity index (χ0v) is 18.5. The van der Waals surface area contributed by atoms with E-state index >= 15 is 0 Å². The summed E-state index contributed by atoms with van der Waals surface area (Å²) in [6, 6.07) is 15.1. The smallest absolute Gasteiger partial charge is 0.265 e. The molecule has 0 aliphatic heterocycles. The first kappa shape index (κ1) is 22.2. The molecule has 30 heavy (non-hydrogen) atoms. The number of rotatable bonds is 6. The molecule has 10 heteroatoms. The van der Waals surface area contributed by atoms with Crippen molar-refractivity contribution in [2.24, 2.45) is 0 Å². The number of carbonyl (C=O) groups is 1. The van der Waals surface area contributed by atoms with Crippen LogP contribution in [0.1, 0.15) is 10.4 Å². The molecule has 3 aromatic rings. The van der Waals surface area contributed by atoms with Gasteiger partial charge in [0.15, 0.2) is 0 Å². The fourth-order valence-electron chi connectivity index (χ4n) is 2.58. The molecule has 2 N–H and O–H groups in total. The summed E-state index contributed by atoms with van der Waals surface area (Å²) in [5.41, 5.74) is 0.630. The molecule has 3 aromatic carbocycles. The summed E-state index contributed by atoms with van der Waals surface area (Å²) in [4.78, 5) is 12.4. The molecule has 6 nitrogen and oxygen atoms in total. The number of nitrogens with one attached hydrogen (secondary N) is 2. The Morgan fingerprint density at radius 2 is 1.67 bits per heavy atom. The van der Waals surface area contributed by atoms with Crippen molar-refractivity contribution in [1.82, 2.24) is 0 Å². The van der Waals surface area contributed by atoms with E-state index in [0.29, 0.717) is 5.02 Å². The molecule has 0 aliphatic rings. The van der Waals surface area contributed by atoms with Crippen molar-refractivity contribution in [3.63, 3.8) is 0 Å². The van der Waals surface area contributed by atoms with Crippen LogP contribution in [0.3, 0.4) is 0 Å². The summed E-state index contributed by atoms with van der Waals surface area (Å²) in [5.74, 6) is -0.429. The molecule has 0 fully saturated rings. The van der Waals surface area contributed by atoms with E-state index in [1.54, 1.807) is 18.2 Å². The third-order valence-electron chi connectivity index (χ3n) is 4.00. The van der Waals surface area contributed by atoms with Crippen molar-refractivity contribution in [2.75, 3.05) is 17.1 Å². The Balaban J connectivity index is 1.93. The second-order valence-electron chi connectivity index (χ2n) is 6.03. The number of amides is 1. The van der Waals surface area contributed by atoms with Crippen LogP contribution in [0.2, 0.25) is 15.1 Å². The number of anilines is 2. The van der Waals surface area contributed by atoms with Crippen LogP contribution in [-0.4, -0.2) is 21.4 Å². The molecular weight excluding hydrogens is 471 g/mol. The molecule has 0 aliphatic carbocycles. The highest BCUT2D eigenvalue weighted by atomic mass is 35.5. The van der Waals surface area contributed by atoms with Crippen molar-refractivity contribution >= 4 is 62.1 Å². The van der Waals surface area contributed by atoms with E-state index in [4.69, 9.17) is 39.5 Å². The lowest BCUT2D eigenvalue weighted by molar-refractivity contribution is 0.102. The highest BCUT2D eigenvalue weighted by Gasteiger charge is 2.22. The van der Waals surface area contributed by atoms with Crippen molar-refractivity contribution in [1.29, 1.82) is 0 Å². The minimum absolute atomic E-state index is 0.0945. The number of halogens is 3. The van der Waals surface area contributed by atoms with Gasteiger partial charge in [-0.05, 0) is 48.5 Å². The number of hydrogen-bond acceptors (Lipinski definition) is 4. The summed E-state index contributed by atoms with van der Waals surface area (Å²) in [7, 11) is -2.73. The second-order valence-corrected chi connectivity index (χ2v) is 8.93. The molecule has 0 radical (unpaired) electrons. The van der Waals surface area contributed by atoms with Crippen molar-refractivity contribution < 1.29 is 17.9 Å². The molecule has 1 amide bonds. The predicted octanol–water partition coefficient (Wildman–Crippen LogP) is 5.71. The van der Waals surface area contributed by atoms with Gasteiger partial charge in [0, 0.05) is 10.7 Å². The zero-order chi connectivity index (χ0) is 21.9. The third kappa shape index (κ3) is 4.99. The summed E-state index contributed by atoms with van der Waals surface area (Å²) < 4.78 is 33.5. The van der Waals surface area contributed by atoms with E-state index in [-0.39, 0.29) is 37.6 Å². The number of carbonyl (C=O) groups excluding carboxylic acids is 1. The Kier molecular flexibility index (Phi) is 6.77. The normalized spacial score (nSPS) is 11.1. The minimum Gasteiger partial charge on any atom is -0.495 e. The van der Waals surface area contributed by atoms with Gasteiger partial charge < -0.3 is 10.1 Å². The number of benzene rings is 3. The number of methoxy groups -OCH3 is 1. The zero-order valence-electron chi connectivity index (χ0n) is 15.4. The first-order valence-corrected chi connectivity index (χ1v) is 11.0. The quantitative estimate of drug-likeness (QED) is 0.468. The van der Waals surface area contributed by atoms with Crippen LogP contribution < -0.4 is 14.8 Å². The van der Waals surface area contributed by atoms with Gasteiger partial charge >= 0.3 is 0 Å². The summed E-state index contributed by atoms with van der Waals surface area (Å²) in [6.45, 7) is 0. The van der Waals surface area contributed by atoms with Gasteiger partial charge in [-0.2, -0.15) is 0 Å². The molecule has 0 saturated heterocycles. The number of sulfonamides is 1. The minimum atomic E-state index is -4.07. The van der Waals surface area contributed by atoms with Gasteiger partial charge in [0.05, 0.1) is 28.4 Å². The van der Waals surface area contributed by atoms with Crippen LogP contribution in [0, 0.1) is 0 Å². The first-order valence-electron chi connectivity index (χ1n) is 8.43. The fourth-order valence-corrected chi connectivity index (χ4v) is 4.59. The van der Waals surface area contributed by atoms with Gasteiger partial charge in [-0.1, -0.05) is 46.9 Å². The highest BCUT2D eigenvalue weighted by Crippen LogP contribution is 2.31.